The van der Waals surface area contributed by atoms with Crippen molar-refractivity contribution in [2.24, 2.45) is 5.92 Å². The number of rotatable bonds is 5. The maximum absolute atomic E-state index is 4.46. The fraction of sp³-hybridized carbons (Fsp3) is 0.412. The van der Waals surface area contributed by atoms with Gasteiger partial charge in [-0.3, -0.25) is 0 Å². The molecule has 0 fully saturated rings. The fourth-order valence-corrected chi connectivity index (χ4v) is 2.04. The number of aryl methyl sites for hydroxylation is 3. The number of aromatic nitrogens is 2. The molecule has 21 heavy (non-hydrogen) atoms. The highest BCUT2D eigenvalue weighted by Gasteiger charge is 2.05. The molecule has 0 aliphatic carbocycles. The van der Waals surface area contributed by atoms with Crippen LogP contribution in [0.1, 0.15) is 30.8 Å². The number of hydrogen-bond donors (Lipinski definition) is 2. The molecule has 2 aromatic rings. The van der Waals surface area contributed by atoms with Crippen LogP contribution in [0.2, 0.25) is 0 Å². The van der Waals surface area contributed by atoms with E-state index in [2.05, 4.69) is 66.5 Å². The van der Waals surface area contributed by atoms with Gasteiger partial charge in [-0.2, -0.15) is 0 Å². The maximum Gasteiger partial charge on any atom is 0.136 e. The van der Waals surface area contributed by atoms with Crippen LogP contribution in [-0.2, 0) is 0 Å². The predicted octanol–water partition coefficient (Wildman–Crippen LogP) is 4.21. The zero-order valence-electron chi connectivity index (χ0n) is 13.5. The molecular formula is C17H24N4. The lowest BCUT2D eigenvalue weighted by Gasteiger charge is -2.13. The van der Waals surface area contributed by atoms with Crippen LogP contribution in [0.5, 0.6) is 0 Å². The second-order valence-electron chi connectivity index (χ2n) is 5.90. The van der Waals surface area contributed by atoms with Crippen molar-refractivity contribution in [3.63, 3.8) is 0 Å². The molecular weight excluding hydrogens is 260 g/mol. The summed E-state index contributed by atoms with van der Waals surface area (Å²) >= 11 is 0. The van der Waals surface area contributed by atoms with Crippen LogP contribution in [0.4, 0.5) is 17.3 Å². The third-order valence-electron chi connectivity index (χ3n) is 3.19. The molecule has 0 aliphatic heterocycles. The van der Waals surface area contributed by atoms with Gasteiger partial charge in [-0.05, 0) is 43.9 Å². The summed E-state index contributed by atoms with van der Waals surface area (Å²) in [6.45, 7) is 11.3. The highest BCUT2D eigenvalue weighted by Crippen LogP contribution is 2.22. The van der Waals surface area contributed by atoms with E-state index in [1.54, 1.807) is 0 Å². The minimum absolute atomic E-state index is 0.579. The van der Waals surface area contributed by atoms with Gasteiger partial charge in [-0.25, -0.2) is 9.97 Å². The topological polar surface area (TPSA) is 49.8 Å². The largest absolute Gasteiger partial charge is 0.370 e. The molecule has 0 atom stereocenters. The molecule has 1 aromatic carbocycles. The van der Waals surface area contributed by atoms with Gasteiger partial charge in [0, 0.05) is 18.3 Å². The number of hydrogen-bond acceptors (Lipinski definition) is 4. The minimum Gasteiger partial charge on any atom is -0.370 e. The van der Waals surface area contributed by atoms with Crippen LogP contribution in [0, 0.1) is 26.7 Å². The van der Waals surface area contributed by atoms with Crippen molar-refractivity contribution in [1.29, 1.82) is 0 Å². The van der Waals surface area contributed by atoms with Crippen LogP contribution in [0.15, 0.2) is 24.3 Å². The molecule has 0 radical (unpaired) electrons. The molecule has 1 aromatic heterocycles. The quantitative estimate of drug-likeness (QED) is 0.863. The van der Waals surface area contributed by atoms with E-state index in [0.717, 1.165) is 29.7 Å². The Bertz CT molecular complexity index is 620. The minimum atomic E-state index is 0.579. The Balaban J connectivity index is 2.21. The molecule has 4 heteroatoms. The van der Waals surface area contributed by atoms with Crippen molar-refractivity contribution >= 4 is 17.3 Å². The van der Waals surface area contributed by atoms with Gasteiger partial charge in [0.15, 0.2) is 0 Å². The van der Waals surface area contributed by atoms with E-state index in [0.29, 0.717) is 5.92 Å². The van der Waals surface area contributed by atoms with Crippen LogP contribution < -0.4 is 10.6 Å². The molecule has 0 amide bonds. The molecule has 2 rings (SSSR count). The molecule has 4 nitrogen and oxygen atoms in total. The Hall–Kier alpha value is -2.10. The first kappa shape index (κ1) is 15.3. The van der Waals surface area contributed by atoms with Crippen LogP contribution in [-0.4, -0.2) is 16.5 Å². The van der Waals surface area contributed by atoms with Gasteiger partial charge in [0.2, 0.25) is 0 Å². The summed E-state index contributed by atoms with van der Waals surface area (Å²) in [7, 11) is 0. The van der Waals surface area contributed by atoms with Gasteiger partial charge >= 0.3 is 0 Å². The molecule has 1 heterocycles. The van der Waals surface area contributed by atoms with Crippen LogP contribution in [0.3, 0.4) is 0 Å². The first-order chi connectivity index (χ1) is 9.94. The molecule has 112 valence electrons. The highest BCUT2D eigenvalue weighted by atomic mass is 15.1. The van der Waals surface area contributed by atoms with E-state index < -0.39 is 0 Å². The standard InChI is InChI=1S/C17H24N4/c1-11(2)10-18-16-9-17(20-14(5)19-16)21-15-8-12(3)6-7-13(15)4/h6-9,11H,10H2,1-5H3,(H2,18,19,20,21). The molecule has 0 saturated carbocycles. The van der Waals surface area contributed by atoms with E-state index >= 15 is 0 Å². The van der Waals surface area contributed by atoms with E-state index in [1.165, 1.54) is 11.1 Å². The molecule has 0 bridgehead atoms. The zero-order valence-corrected chi connectivity index (χ0v) is 13.5. The van der Waals surface area contributed by atoms with E-state index in [-0.39, 0.29) is 0 Å². The summed E-state index contributed by atoms with van der Waals surface area (Å²) in [6, 6.07) is 8.32. The lowest BCUT2D eigenvalue weighted by molar-refractivity contribution is 0.686. The Kier molecular flexibility index (Phi) is 4.78. The smallest absolute Gasteiger partial charge is 0.136 e. The number of anilines is 3. The Morgan fingerprint density at radius 3 is 2.43 bits per heavy atom. The first-order valence-electron chi connectivity index (χ1n) is 7.38. The SMILES string of the molecule is Cc1ccc(C)c(Nc2cc(NCC(C)C)nc(C)n2)c1. The Morgan fingerprint density at radius 1 is 1.00 bits per heavy atom. The van der Waals surface area contributed by atoms with Gasteiger partial charge in [0.05, 0.1) is 0 Å². The highest BCUT2D eigenvalue weighted by molar-refractivity contribution is 5.63. The predicted molar refractivity (Wildman–Crippen MR) is 89.3 cm³/mol. The summed E-state index contributed by atoms with van der Waals surface area (Å²) < 4.78 is 0. The second kappa shape index (κ2) is 6.57. The average molecular weight is 284 g/mol. The zero-order chi connectivity index (χ0) is 15.4. The summed E-state index contributed by atoms with van der Waals surface area (Å²) in [6.07, 6.45) is 0. The lowest BCUT2D eigenvalue weighted by Crippen LogP contribution is -2.10. The Morgan fingerprint density at radius 2 is 1.71 bits per heavy atom. The third-order valence-corrected chi connectivity index (χ3v) is 3.19. The van der Waals surface area contributed by atoms with Crippen LogP contribution >= 0.6 is 0 Å². The summed E-state index contributed by atoms with van der Waals surface area (Å²) in [4.78, 5) is 8.89. The fourth-order valence-electron chi connectivity index (χ4n) is 2.04. The van der Waals surface area contributed by atoms with Gasteiger partial charge in [-0.1, -0.05) is 26.0 Å². The van der Waals surface area contributed by atoms with Crippen molar-refractivity contribution in [1.82, 2.24) is 9.97 Å². The molecule has 0 unspecified atom stereocenters. The van der Waals surface area contributed by atoms with Crippen molar-refractivity contribution < 1.29 is 0 Å². The summed E-state index contributed by atoms with van der Waals surface area (Å²) in [5.74, 6) is 3.03. The molecule has 2 N–H and O–H groups in total. The molecule has 0 aliphatic rings. The van der Waals surface area contributed by atoms with E-state index in [4.69, 9.17) is 0 Å². The summed E-state index contributed by atoms with van der Waals surface area (Å²) in [5, 5.41) is 6.74. The van der Waals surface area contributed by atoms with Crippen molar-refractivity contribution in [3.05, 3.63) is 41.2 Å². The van der Waals surface area contributed by atoms with Gasteiger partial charge in [-0.15, -0.1) is 0 Å². The van der Waals surface area contributed by atoms with Crippen molar-refractivity contribution in [3.8, 4) is 0 Å². The molecule has 0 spiro atoms. The van der Waals surface area contributed by atoms with Gasteiger partial charge in [0.1, 0.15) is 17.5 Å². The lowest BCUT2D eigenvalue weighted by atomic mass is 10.1. The van der Waals surface area contributed by atoms with Crippen molar-refractivity contribution in [2.45, 2.75) is 34.6 Å². The maximum atomic E-state index is 4.46. The monoisotopic (exact) mass is 284 g/mol. The summed E-state index contributed by atoms with van der Waals surface area (Å²) in [5.41, 5.74) is 3.52. The van der Waals surface area contributed by atoms with Crippen LogP contribution in [0.25, 0.3) is 0 Å². The third kappa shape index (κ3) is 4.45. The van der Waals surface area contributed by atoms with Crippen molar-refractivity contribution in [2.75, 3.05) is 17.2 Å². The normalized spacial score (nSPS) is 10.8. The van der Waals surface area contributed by atoms with Gasteiger partial charge < -0.3 is 10.6 Å². The molecule has 0 saturated heterocycles. The van der Waals surface area contributed by atoms with E-state index in [9.17, 15) is 0 Å². The average Bonchev–Trinajstić information content (AvgIpc) is 2.40. The Labute approximate surface area is 127 Å². The first-order valence-corrected chi connectivity index (χ1v) is 7.38. The second-order valence-corrected chi connectivity index (χ2v) is 5.90. The van der Waals surface area contributed by atoms with E-state index in [1.807, 2.05) is 13.0 Å². The number of benzene rings is 1. The number of nitrogens with one attached hydrogen (secondary N) is 2. The number of nitrogens with zero attached hydrogens (tertiary/aromatic N) is 2. The van der Waals surface area contributed by atoms with Gasteiger partial charge in [0.25, 0.3) is 0 Å².